The molecule has 6 rings (SSSR count). The number of halogens is 2. The van der Waals surface area contributed by atoms with E-state index in [9.17, 15) is 13.6 Å². The fraction of sp³-hybridized carbons (Fsp3) is 0.409. The minimum absolute atomic E-state index is 0.0222. The fourth-order valence-corrected chi connectivity index (χ4v) is 4.89. The summed E-state index contributed by atoms with van der Waals surface area (Å²) in [6.45, 7) is 2.57. The maximum absolute atomic E-state index is 13.7. The number of aryl methyl sites for hydroxylation is 1. The van der Waals surface area contributed by atoms with Gasteiger partial charge >= 0.3 is 0 Å². The number of fused-ring (bicyclic) bond motifs is 2. The van der Waals surface area contributed by atoms with Crippen LogP contribution in [0.1, 0.15) is 30.1 Å². The van der Waals surface area contributed by atoms with Gasteiger partial charge in [0.2, 0.25) is 5.89 Å². The summed E-state index contributed by atoms with van der Waals surface area (Å²) in [4.78, 5) is 27.7. The highest BCUT2D eigenvalue weighted by Gasteiger charge is 2.58. The molecule has 2 aliphatic rings. The lowest BCUT2D eigenvalue weighted by atomic mass is 10.1. The first kappa shape index (κ1) is 20.0. The van der Waals surface area contributed by atoms with Gasteiger partial charge in [-0.25, -0.2) is 18.7 Å². The SMILES string of the molecule is Cn1cnc2ncn(Cc3nc(C4[C@H]5CN(c6cccc(C(C)(F)F)c6)C[C@@H]45)no3)c(=O)c21. The summed E-state index contributed by atoms with van der Waals surface area (Å²) in [6.07, 6.45) is 2.98. The Morgan fingerprint density at radius 2 is 1.94 bits per heavy atom. The molecule has 170 valence electrons. The Labute approximate surface area is 186 Å². The largest absolute Gasteiger partial charge is 0.371 e. The van der Waals surface area contributed by atoms with Crippen molar-refractivity contribution in [3.8, 4) is 0 Å². The van der Waals surface area contributed by atoms with Gasteiger partial charge in [0.05, 0.1) is 6.33 Å². The number of rotatable bonds is 5. The molecule has 2 fully saturated rings. The Morgan fingerprint density at radius 1 is 1.18 bits per heavy atom. The quantitative estimate of drug-likeness (QED) is 0.458. The molecule has 0 amide bonds. The molecule has 1 saturated carbocycles. The molecule has 3 atom stereocenters. The minimum Gasteiger partial charge on any atom is -0.371 e. The lowest BCUT2D eigenvalue weighted by molar-refractivity contribution is 0.0175. The molecule has 4 heterocycles. The van der Waals surface area contributed by atoms with Gasteiger partial charge in [0.15, 0.2) is 17.0 Å². The van der Waals surface area contributed by atoms with Gasteiger partial charge in [0, 0.05) is 44.2 Å². The fourth-order valence-electron chi connectivity index (χ4n) is 4.89. The second-order valence-corrected chi connectivity index (χ2v) is 8.95. The maximum Gasteiger partial charge on any atom is 0.280 e. The molecule has 33 heavy (non-hydrogen) atoms. The van der Waals surface area contributed by atoms with Crippen LogP contribution in [0.15, 0.2) is 46.2 Å². The number of anilines is 1. The Hall–Kier alpha value is -3.63. The molecule has 3 aromatic heterocycles. The summed E-state index contributed by atoms with van der Waals surface area (Å²) in [5, 5.41) is 4.14. The summed E-state index contributed by atoms with van der Waals surface area (Å²) in [5.41, 5.74) is 1.42. The molecule has 0 N–H and O–H groups in total. The number of alkyl halides is 2. The predicted molar refractivity (Wildman–Crippen MR) is 114 cm³/mol. The van der Waals surface area contributed by atoms with Gasteiger partial charge in [-0.3, -0.25) is 9.36 Å². The van der Waals surface area contributed by atoms with Crippen LogP contribution in [0.4, 0.5) is 14.5 Å². The van der Waals surface area contributed by atoms with E-state index < -0.39 is 5.92 Å². The predicted octanol–water partition coefficient (Wildman–Crippen LogP) is 2.52. The second-order valence-electron chi connectivity index (χ2n) is 8.95. The highest BCUT2D eigenvalue weighted by Crippen LogP contribution is 2.58. The zero-order valence-electron chi connectivity index (χ0n) is 18.0. The van der Waals surface area contributed by atoms with E-state index in [4.69, 9.17) is 4.52 Å². The highest BCUT2D eigenvalue weighted by atomic mass is 19.3. The van der Waals surface area contributed by atoms with E-state index in [0.717, 1.165) is 25.7 Å². The van der Waals surface area contributed by atoms with Crippen molar-refractivity contribution in [2.75, 3.05) is 18.0 Å². The number of piperidine rings is 1. The molecule has 1 aliphatic carbocycles. The Bertz CT molecular complexity index is 1410. The van der Waals surface area contributed by atoms with Gasteiger partial charge in [-0.15, -0.1) is 0 Å². The molecule has 1 aliphatic heterocycles. The first-order chi connectivity index (χ1) is 15.8. The summed E-state index contributed by atoms with van der Waals surface area (Å²) in [7, 11) is 1.74. The smallest absolute Gasteiger partial charge is 0.280 e. The molecule has 0 radical (unpaired) electrons. The molecule has 1 unspecified atom stereocenters. The van der Waals surface area contributed by atoms with Crippen LogP contribution < -0.4 is 10.5 Å². The molecule has 11 heteroatoms. The summed E-state index contributed by atoms with van der Waals surface area (Å²) in [6, 6.07) is 6.56. The van der Waals surface area contributed by atoms with Gasteiger partial charge in [-0.1, -0.05) is 17.3 Å². The van der Waals surface area contributed by atoms with Crippen LogP contribution in [0.2, 0.25) is 0 Å². The van der Waals surface area contributed by atoms with Crippen molar-refractivity contribution in [2.45, 2.75) is 25.3 Å². The average molecular weight is 453 g/mol. The normalized spacial score (nSPS) is 22.2. The van der Waals surface area contributed by atoms with E-state index in [0.29, 0.717) is 34.7 Å². The van der Waals surface area contributed by atoms with Gasteiger partial charge in [-0.05, 0) is 24.0 Å². The van der Waals surface area contributed by atoms with Crippen LogP contribution in [-0.4, -0.2) is 42.3 Å². The lowest BCUT2D eigenvalue weighted by Gasteiger charge is -2.23. The van der Waals surface area contributed by atoms with Gasteiger partial charge < -0.3 is 14.0 Å². The molecule has 1 aromatic carbocycles. The van der Waals surface area contributed by atoms with Crippen LogP contribution in [0.25, 0.3) is 11.2 Å². The number of benzene rings is 1. The van der Waals surface area contributed by atoms with Crippen LogP contribution >= 0.6 is 0 Å². The molecular formula is C22H21F2N7O2. The van der Waals surface area contributed by atoms with Crippen molar-refractivity contribution in [3.05, 3.63) is 64.6 Å². The van der Waals surface area contributed by atoms with Gasteiger partial charge in [-0.2, -0.15) is 4.98 Å². The minimum atomic E-state index is -2.86. The standard InChI is InChI=1S/C22H21F2N7O2/c1-22(23,24)12-4-3-5-13(6-12)30-7-14-15(8-30)17(14)19-27-16(33-28-19)9-31-11-26-20-18(21(31)32)29(2)10-25-20/h3-6,10-11,14-15,17H,7-9H2,1-2H3/t14-,15+,17?. The summed E-state index contributed by atoms with van der Waals surface area (Å²) >= 11 is 0. The lowest BCUT2D eigenvalue weighted by Crippen LogP contribution is -2.24. The van der Waals surface area contributed by atoms with Crippen LogP contribution in [-0.2, 0) is 19.5 Å². The molecule has 9 nitrogen and oxygen atoms in total. The van der Waals surface area contributed by atoms with E-state index in [1.165, 1.54) is 17.0 Å². The monoisotopic (exact) mass is 453 g/mol. The summed E-state index contributed by atoms with van der Waals surface area (Å²) < 4.78 is 35.8. The van der Waals surface area contributed by atoms with E-state index in [1.54, 1.807) is 30.1 Å². The molecule has 0 spiro atoms. The van der Waals surface area contributed by atoms with Gasteiger partial charge in [0.25, 0.3) is 11.5 Å². The van der Waals surface area contributed by atoms with E-state index in [2.05, 4.69) is 25.0 Å². The topological polar surface area (TPSA) is 94.9 Å². The molecule has 0 bridgehead atoms. The first-order valence-electron chi connectivity index (χ1n) is 10.7. The van der Waals surface area contributed by atoms with E-state index >= 15 is 0 Å². The first-order valence-corrected chi connectivity index (χ1v) is 10.7. The number of hydrogen-bond donors (Lipinski definition) is 0. The van der Waals surface area contributed by atoms with E-state index in [-0.39, 0.29) is 23.6 Å². The average Bonchev–Trinajstić information content (AvgIpc) is 3.20. The third-order valence-electron chi connectivity index (χ3n) is 6.70. The van der Waals surface area contributed by atoms with Crippen LogP contribution in [0, 0.1) is 11.8 Å². The molecule has 1 saturated heterocycles. The van der Waals surface area contributed by atoms with Crippen molar-refractivity contribution in [2.24, 2.45) is 18.9 Å². The summed E-state index contributed by atoms with van der Waals surface area (Å²) in [5.74, 6) is -0.982. The number of nitrogens with zero attached hydrogens (tertiary/aromatic N) is 7. The van der Waals surface area contributed by atoms with Gasteiger partial charge in [0.1, 0.15) is 12.9 Å². The van der Waals surface area contributed by atoms with Crippen molar-refractivity contribution in [3.63, 3.8) is 0 Å². The van der Waals surface area contributed by atoms with Crippen molar-refractivity contribution in [1.29, 1.82) is 0 Å². The Balaban J connectivity index is 1.15. The maximum atomic E-state index is 13.7. The van der Waals surface area contributed by atoms with Crippen molar-refractivity contribution < 1.29 is 13.3 Å². The van der Waals surface area contributed by atoms with Crippen molar-refractivity contribution in [1.82, 2.24) is 29.2 Å². The van der Waals surface area contributed by atoms with Crippen LogP contribution in [0.5, 0.6) is 0 Å². The zero-order valence-corrected chi connectivity index (χ0v) is 18.0. The third-order valence-corrected chi connectivity index (χ3v) is 6.70. The highest BCUT2D eigenvalue weighted by molar-refractivity contribution is 5.68. The van der Waals surface area contributed by atoms with Crippen molar-refractivity contribution >= 4 is 16.9 Å². The zero-order chi connectivity index (χ0) is 22.9. The number of hydrogen-bond acceptors (Lipinski definition) is 7. The molecular weight excluding hydrogens is 432 g/mol. The number of imidazole rings is 1. The molecule has 4 aromatic rings. The van der Waals surface area contributed by atoms with Crippen LogP contribution in [0.3, 0.4) is 0 Å². The van der Waals surface area contributed by atoms with E-state index in [1.807, 2.05) is 6.07 Å². The Kier molecular flexibility index (Phi) is 4.20. The second kappa shape index (κ2) is 6.93. The number of aromatic nitrogens is 6. The Morgan fingerprint density at radius 3 is 2.70 bits per heavy atom. The third kappa shape index (κ3) is 3.30.